The Morgan fingerprint density at radius 2 is 1.89 bits per heavy atom. The lowest BCUT2D eigenvalue weighted by molar-refractivity contribution is -0.116. The van der Waals surface area contributed by atoms with Gasteiger partial charge in [0.25, 0.3) is 0 Å². The van der Waals surface area contributed by atoms with Gasteiger partial charge >= 0.3 is 4.87 Å². The monoisotopic (exact) mass is 411 g/mol. The highest BCUT2D eigenvalue weighted by molar-refractivity contribution is 7.89. The zero-order valence-electron chi connectivity index (χ0n) is 16.0. The minimum absolute atomic E-state index is 0.0942. The lowest BCUT2D eigenvalue weighted by Gasteiger charge is -2.20. The second kappa shape index (κ2) is 8.81. The summed E-state index contributed by atoms with van der Waals surface area (Å²) < 4.78 is 28.5. The minimum Gasteiger partial charge on any atom is -0.326 e. The summed E-state index contributed by atoms with van der Waals surface area (Å²) in [5.74, 6) is -0.275. The van der Waals surface area contributed by atoms with Crippen molar-refractivity contribution < 1.29 is 13.2 Å². The molecule has 1 amide bonds. The van der Waals surface area contributed by atoms with Crippen LogP contribution in [0, 0.1) is 13.8 Å². The first-order valence-corrected chi connectivity index (χ1v) is 11.1. The van der Waals surface area contributed by atoms with Crippen molar-refractivity contribution in [2.45, 2.75) is 45.6 Å². The number of nitrogens with one attached hydrogen (secondary N) is 1. The van der Waals surface area contributed by atoms with E-state index in [1.165, 1.54) is 10.4 Å². The fourth-order valence-corrected chi connectivity index (χ4v) is 5.24. The quantitative estimate of drug-likeness (QED) is 0.723. The summed E-state index contributed by atoms with van der Waals surface area (Å²) in [7, 11) is -3.61. The zero-order valence-corrected chi connectivity index (χ0v) is 17.6. The molecule has 2 aromatic rings. The molecule has 0 bridgehead atoms. The van der Waals surface area contributed by atoms with Crippen molar-refractivity contribution in [3.8, 4) is 0 Å². The second-order valence-electron chi connectivity index (χ2n) is 6.16. The fourth-order valence-electron chi connectivity index (χ4n) is 2.77. The Bertz CT molecular complexity index is 973. The molecular weight excluding hydrogens is 386 g/mol. The predicted molar refractivity (Wildman–Crippen MR) is 108 cm³/mol. The van der Waals surface area contributed by atoms with E-state index < -0.39 is 10.0 Å². The van der Waals surface area contributed by atoms with Crippen LogP contribution >= 0.6 is 11.3 Å². The van der Waals surface area contributed by atoms with Gasteiger partial charge in [-0.25, -0.2) is 8.42 Å². The van der Waals surface area contributed by atoms with Crippen LogP contribution in [-0.4, -0.2) is 36.3 Å². The standard InChI is InChI=1S/C18H25N3O4S2/c1-5-20(6-2)27(24,25)16-11-15(8-7-13(16)3)19-17(22)9-10-21-14(4)12-26-18(21)23/h7-8,11-12H,5-6,9-10H2,1-4H3,(H,19,22). The van der Waals surface area contributed by atoms with E-state index in [1.807, 2.05) is 6.92 Å². The number of sulfonamides is 1. The van der Waals surface area contributed by atoms with E-state index in [4.69, 9.17) is 0 Å². The number of anilines is 1. The predicted octanol–water partition coefficient (Wildman–Crippen LogP) is 2.59. The summed E-state index contributed by atoms with van der Waals surface area (Å²) in [5, 5.41) is 4.48. The molecule has 1 N–H and O–H groups in total. The summed E-state index contributed by atoms with van der Waals surface area (Å²) in [6.07, 6.45) is 0.128. The minimum atomic E-state index is -3.61. The number of rotatable bonds is 8. The Morgan fingerprint density at radius 3 is 2.44 bits per heavy atom. The number of carbonyl (C=O) groups excluding carboxylic acids is 1. The first kappa shape index (κ1) is 21.3. The molecule has 9 heteroatoms. The third-order valence-corrected chi connectivity index (χ3v) is 7.41. The number of hydrogen-bond donors (Lipinski definition) is 1. The number of carbonyl (C=O) groups is 1. The van der Waals surface area contributed by atoms with E-state index in [2.05, 4.69) is 5.32 Å². The van der Waals surface area contributed by atoms with Crippen LogP contribution in [0.3, 0.4) is 0 Å². The Balaban J connectivity index is 2.16. The fraction of sp³-hybridized carbons (Fsp3) is 0.444. The molecule has 0 aliphatic heterocycles. The van der Waals surface area contributed by atoms with Crippen molar-refractivity contribution in [1.82, 2.24) is 8.87 Å². The molecule has 2 rings (SSSR count). The molecule has 0 spiro atoms. The third-order valence-electron chi connectivity index (χ3n) is 4.33. The highest BCUT2D eigenvalue weighted by atomic mass is 32.2. The zero-order chi connectivity index (χ0) is 20.2. The van der Waals surface area contributed by atoms with Crippen molar-refractivity contribution in [2.75, 3.05) is 18.4 Å². The highest BCUT2D eigenvalue weighted by Gasteiger charge is 2.24. The smallest absolute Gasteiger partial charge is 0.307 e. The molecule has 27 heavy (non-hydrogen) atoms. The van der Waals surface area contributed by atoms with Gasteiger partial charge in [-0.05, 0) is 31.5 Å². The van der Waals surface area contributed by atoms with E-state index in [-0.39, 0.29) is 28.6 Å². The summed E-state index contributed by atoms with van der Waals surface area (Å²) in [5.41, 5.74) is 1.87. The summed E-state index contributed by atoms with van der Waals surface area (Å²) in [6.45, 7) is 8.17. The lowest BCUT2D eigenvalue weighted by Crippen LogP contribution is -2.31. The van der Waals surface area contributed by atoms with E-state index in [9.17, 15) is 18.0 Å². The van der Waals surface area contributed by atoms with Gasteiger partial charge in [0.1, 0.15) is 0 Å². The van der Waals surface area contributed by atoms with Crippen molar-refractivity contribution >= 4 is 33.0 Å². The average molecular weight is 412 g/mol. The molecule has 1 heterocycles. The molecule has 148 valence electrons. The molecule has 0 unspecified atom stereocenters. The van der Waals surface area contributed by atoms with Gasteiger partial charge in [0, 0.05) is 42.8 Å². The number of nitrogens with zero attached hydrogens (tertiary/aromatic N) is 2. The molecule has 7 nitrogen and oxygen atoms in total. The van der Waals surface area contributed by atoms with Crippen LogP contribution < -0.4 is 10.2 Å². The van der Waals surface area contributed by atoms with Gasteiger partial charge in [0.05, 0.1) is 4.90 Å². The number of thiazole rings is 1. The number of amides is 1. The van der Waals surface area contributed by atoms with Crippen LogP contribution in [0.15, 0.2) is 33.3 Å². The van der Waals surface area contributed by atoms with E-state index in [1.54, 1.807) is 42.9 Å². The Hall–Kier alpha value is -1.97. The second-order valence-corrected chi connectivity index (χ2v) is 8.89. The molecule has 0 aliphatic rings. The van der Waals surface area contributed by atoms with Gasteiger partial charge in [-0.3, -0.25) is 9.59 Å². The Labute approximate surface area is 163 Å². The van der Waals surface area contributed by atoms with Gasteiger partial charge in [0.15, 0.2) is 0 Å². The molecule has 0 fully saturated rings. The first-order valence-electron chi connectivity index (χ1n) is 8.76. The maximum Gasteiger partial charge on any atom is 0.307 e. The maximum atomic E-state index is 12.8. The van der Waals surface area contributed by atoms with Gasteiger partial charge < -0.3 is 9.88 Å². The van der Waals surface area contributed by atoms with Crippen LogP contribution in [0.5, 0.6) is 0 Å². The van der Waals surface area contributed by atoms with Crippen molar-refractivity contribution in [3.05, 3.63) is 44.5 Å². The van der Waals surface area contributed by atoms with E-state index >= 15 is 0 Å². The number of benzene rings is 1. The summed E-state index contributed by atoms with van der Waals surface area (Å²) in [6, 6.07) is 4.85. The molecule has 0 radical (unpaired) electrons. The number of aryl methyl sites for hydroxylation is 2. The average Bonchev–Trinajstić information content (AvgIpc) is 2.93. The maximum absolute atomic E-state index is 12.8. The molecule has 1 aromatic heterocycles. The molecule has 0 saturated carbocycles. The van der Waals surface area contributed by atoms with Crippen molar-refractivity contribution in [3.63, 3.8) is 0 Å². The van der Waals surface area contributed by atoms with Crippen LogP contribution in [0.2, 0.25) is 0 Å². The van der Waals surface area contributed by atoms with Gasteiger partial charge in [-0.2, -0.15) is 4.31 Å². The SMILES string of the molecule is CCN(CC)S(=O)(=O)c1cc(NC(=O)CCn2c(C)csc2=O)ccc1C. The van der Waals surface area contributed by atoms with Crippen LogP contribution in [0.4, 0.5) is 5.69 Å². The van der Waals surface area contributed by atoms with Gasteiger partial charge in [0.2, 0.25) is 15.9 Å². The van der Waals surface area contributed by atoms with Crippen LogP contribution in [0.25, 0.3) is 0 Å². The van der Waals surface area contributed by atoms with Crippen LogP contribution in [-0.2, 0) is 21.4 Å². The van der Waals surface area contributed by atoms with Gasteiger partial charge in [-0.1, -0.05) is 31.3 Å². The van der Waals surface area contributed by atoms with E-state index in [0.29, 0.717) is 24.3 Å². The first-order chi connectivity index (χ1) is 12.7. The summed E-state index contributed by atoms with van der Waals surface area (Å²) in [4.78, 5) is 24.0. The molecule has 0 aliphatic carbocycles. The van der Waals surface area contributed by atoms with Crippen molar-refractivity contribution in [2.24, 2.45) is 0 Å². The number of aromatic nitrogens is 1. The molecule has 0 saturated heterocycles. The van der Waals surface area contributed by atoms with Crippen molar-refractivity contribution in [1.29, 1.82) is 0 Å². The normalized spacial score (nSPS) is 11.7. The molecule has 1 aromatic carbocycles. The lowest BCUT2D eigenvalue weighted by atomic mass is 10.2. The summed E-state index contributed by atoms with van der Waals surface area (Å²) >= 11 is 1.10. The van der Waals surface area contributed by atoms with Crippen LogP contribution in [0.1, 0.15) is 31.5 Å². The largest absolute Gasteiger partial charge is 0.326 e. The highest BCUT2D eigenvalue weighted by Crippen LogP contribution is 2.23. The number of hydrogen-bond acceptors (Lipinski definition) is 5. The topological polar surface area (TPSA) is 88.5 Å². The third kappa shape index (κ3) is 4.85. The van der Waals surface area contributed by atoms with Gasteiger partial charge in [-0.15, -0.1) is 0 Å². The molecule has 0 atom stereocenters. The Kier molecular flexibility index (Phi) is 6.96. The van der Waals surface area contributed by atoms with E-state index in [0.717, 1.165) is 17.0 Å². The Morgan fingerprint density at radius 1 is 1.22 bits per heavy atom. The molecular formula is C18H25N3O4S2.